The summed E-state index contributed by atoms with van der Waals surface area (Å²) in [5.41, 5.74) is 3.29. The Balaban J connectivity index is 1.20. The van der Waals surface area contributed by atoms with Crippen LogP contribution in [0.3, 0.4) is 0 Å². The molecule has 31 heavy (non-hydrogen) atoms. The molecule has 7 nitrogen and oxygen atoms in total. The lowest BCUT2D eigenvalue weighted by Gasteiger charge is -2.34. The van der Waals surface area contributed by atoms with Gasteiger partial charge < -0.3 is 4.90 Å². The van der Waals surface area contributed by atoms with Crippen LogP contribution in [0.15, 0.2) is 71.9 Å². The topological polar surface area (TPSA) is 69.6 Å². The molecule has 0 bridgehead atoms. The predicted molar refractivity (Wildman–Crippen MR) is 119 cm³/mol. The van der Waals surface area contributed by atoms with Crippen LogP contribution in [0.2, 0.25) is 0 Å². The van der Waals surface area contributed by atoms with Crippen LogP contribution in [-0.2, 0) is 29.7 Å². The van der Waals surface area contributed by atoms with Gasteiger partial charge in [-0.1, -0.05) is 36.4 Å². The Labute approximate surface area is 183 Å². The second kappa shape index (κ2) is 8.37. The number of rotatable bonds is 5. The van der Waals surface area contributed by atoms with E-state index in [2.05, 4.69) is 19.8 Å². The van der Waals surface area contributed by atoms with Gasteiger partial charge in [-0.05, 0) is 34.9 Å². The summed E-state index contributed by atoms with van der Waals surface area (Å²) in [7, 11) is -3.49. The highest BCUT2D eigenvalue weighted by atomic mass is 32.2. The molecule has 5 rings (SSSR count). The van der Waals surface area contributed by atoms with Gasteiger partial charge >= 0.3 is 0 Å². The van der Waals surface area contributed by atoms with Gasteiger partial charge in [0.1, 0.15) is 0 Å². The highest BCUT2D eigenvalue weighted by Crippen LogP contribution is 2.28. The van der Waals surface area contributed by atoms with Gasteiger partial charge in [0.2, 0.25) is 16.0 Å². The number of sulfonamides is 1. The Morgan fingerprint density at radius 3 is 2.00 bits per heavy atom. The number of aromatic nitrogens is 2. The summed E-state index contributed by atoms with van der Waals surface area (Å²) in [6.45, 7) is 5.29. The van der Waals surface area contributed by atoms with Crippen molar-refractivity contribution in [2.75, 3.05) is 31.1 Å². The summed E-state index contributed by atoms with van der Waals surface area (Å²) in [6, 6.07) is 17.1. The second-order valence-corrected chi connectivity index (χ2v) is 9.94. The van der Waals surface area contributed by atoms with E-state index in [1.54, 1.807) is 28.8 Å². The number of piperazine rings is 1. The van der Waals surface area contributed by atoms with E-state index in [-0.39, 0.29) is 0 Å². The molecule has 0 N–H and O–H groups in total. The smallest absolute Gasteiger partial charge is 0.243 e. The van der Waals surface area contributed by atoms with Crippen LogP contribution in [-0.4, -0.2) is 53.8 Å². The fourth-order valence-corrected chi connectivity index (χ4v) is 5.60. The van der Waals surface area contributed by atoms with Gasteiger partial charge in [0, 0.05) is 58.2 Å². The molecule has 160 valence electrons. The van der Waals surface area contributed by atoms with Gasteiger partial charge in [-0.15, -0.1) is 0 Å². The van der Waals surface area contributed by atoms with Gasteiger partial charge in [0.25, 0.3) is 0 Å². The quantitative estimate of drug-likeness (QED) is 0.613. The van der Waals surface area contributed by atoms with Crippen molar-refractivity contribution >= 4 is 16.0 Å². The normalized spacial score (nSPS) is 17.6. The van der Waals surface area contributed by atoms with Crippen molar-refractivity contribution in [3.05, 3.63) is 83.7 Å². The monoisotopic (exact) mass is 435 g/mol. The summed E-state index contributed by atoms with van der Waals surface area (Å²) < 4.78 is 27.7. The number of hydrogen-bond donors (Lipinski definition) is 0. The zero-order chi connectivity index (χ0) is 21.3. The zero-order valence-electron chi connectivity index (χ0n) is 17.3. The lowest BCUT2D eigenvalue weighted by molar-refractivity contribution is 0.248. The highest BCUT2D eigenvalue weighted by molar-refractivity contribution is 7.89. The first-order chi connectivity index (χ1) is 15.1. The number of anilines is 1. The molecule has 3 aromatic rings. The molecule has 0 saturated carbocycles. The summed E-state index contributed by atoms with van der Waals surface area (Å²) in [5, 5.41) is 0. The molecule has 0 radical (unpaired) electrons. The van der Waals surface area contributed by atoms with Crippen molar-refractivity contribution in [2.45, 2.75) is 24.5 Å². The Morgan fingerprint density at radius 2 is 1.39 bits per heavy atom. The molecule has 3 heterocycles. The van der Waals surface area contributed by atoms with E-state index in [4.69, 9.17) is 0 Å². The first-order valence-electron chi connectivity index (χ1n) is 10.5. The summed E-state index contributed by atoms with van der Waals surface area (Å²) in [6.07, 6.45) is 3.54. The summed E-state index contributed by atoms with van der Waals surface area (Å²) in [5.74, 6) is 0.778. The van der Waals surface area contributed by atoms with Crippen molar-refractivity contribution in [2.24, 2.45) is 0 Å². The standard InChI is InChI=1S/C23H25N5O2S/c29-31(30,28-17-20-4-1-2-5-21(20)18-28)22-8-6-19(7-9-22)16-26-12-14-27(15-13-26)23-24-10-3-11-25-23/h1-11H,12-18H2. The molecule has 0 atom stereocenters. The molecule has 8 heteroatoms. The number of nitrogens with zero attached hydrogens (tertiary/aromatic N) is 5. The molecule has 1 saturated heterocycles. The summed E-state index contributed by atoms with van der Waals surface area (Å²) in [4.78, 5) is 13.6. The number of benzene rings is 2. The van der Waals surface area contributed by atoms with Crippen LogP contribution >= 0.6 is 0 Å². The molecular weight excluding hydrogens is 410 g/mol. The minimum absolute atomic E-state index is 0.357. The average Bonchev–Trinajstić information content (AvgIpc) is 3.26. The van der Waals surface area contributed by atoms with Crippen molar-refractivity contribution in [3.8, 4) is 0 Å². The zero-order valence-corrected chi connectivity index (χ0v) is 18.1. The van der Waals surface area contributed by atoms with Crippen LogP contribution < -0.4 is 4.90 Å². The van der Waals surface area contributed by atoms with Crippen molar-refractivity contribution in [3.63, 3.8) is 0 Å². The van der Waals surface area contributed by atoms with Gasteiger partial charge in [-0.3, -0.25) is 4.90 Å². The average molecular weight is 436 g/mol. The van der Waals surface area contributed by atoms with Crippen LogP contribution in [0, 0.1) is 0 Å². The summed E-state index contributed by atoms with van der Waals surface area (Å²) >= 11 is 0. The number of fused-ring (bicyclic) bond motifs is 1. The fourth-order valence-electron chi connectivity index (χ4n) is 4.21. The fraction of sp³-hybridized carbons (Fsp3) is 0.304. The van der Waals surface area contributed by atoms with Crippen LogP contribution in [0.1, 0.15) is 16.7 Å². The SMILES string of the molecule is O=S(=O)(c1ccc(CN2CCN(c3ncccn3)CC2)cc1)N1Cc2ccccc2C1. The molecule has 0 amide bonds. The van der Waals surface area contributed by atoms with Crippen LogP contribution in [0.5, 0.6) is 0 Å². The minimum atomic E-state index is -3.49. The lowest BCUT2D eigenvalue weighted by atomic mass is 10.1. The van der Waals surface area contributed by atoms with E-state index in [9.17, 15) is 8.42 Å². The van der Waals surface area contributed by atoms with Gasteiger partial charge in [0.05, 0.1) is 4.90 Å². The van der Waals surface area contributed by atoms with Gasteiger partial charge in [-0.25, -0.2) is 18.4 Å². The largest absolute Gasteiger partial charge is 0.338 e. The van der Waals surface area contributed by atoms with Crippen LogP contribution in [0.25, 0.3) is 0 Å². The molecule has 2 aliphatic rings. The molecule has 0 aliphatic carbocycles. The maximum Gasteiger partial charge on any atom is 0.243 e. The Hall–Kier alpha value is -2.81. The Bertz CT molecular complexity index is 1120. The molecule has 1 aromatic heterocycles. The molecular formula is C23H25N5O2S. The van der Waals surface area contributed by atoms with Crippen LogP contribution in [0.4, 0.5) is 5.95 Å². The number of hydrogen-bond acceptors (Lipinski definition) is 6. The van der Waals surface area contributed by atoms with E-state index in [0.29, 0.717) is 18.0 Å². The van der Waals surface area contributed by atoms with Crippen molar-refractivity contribution in [1.29, 1.82) is 0 Å². The predicted octanol–water partition coefficient (Wildman–Crippen LogP) is 2.50. The minimum Gasteiger partial charge on any atom is -0.338 e. The molecule has 2 aliphatic heterocycles. The third-order valence-electron chi connectivity index (χ3n) is 5.99. The van der Waals surface area contributed by atoms with E-state index in [1.807, 2.05) is 42.5 Å². The maximum atomic E-state index is 13.1. The van der Waals surface area contributed by atoms with Crippen molar-refractivity contribution in [1.82, 2.24) is 19.2 Å². The Kier molecular flexibility index (Phi) is 5.43. The van der Waals surface area contributed by atoms with E-state index >= 15 is 0 Å². The van der Waals surface area contributed by atoms with Crippen molar-refractivity contribution < 1.29 is 8.42 Å². The third-order valence-corrected chi connectivity index (χ3v) is 7.79. The van der Waals surface area contributed by atoms with E-state index in [0.717, 1.165) is 55.4 Å². The molecule has 0 unspecified atom stereocenters. The first-order valence-corrected chi connectivity index (χ1v) is 11.9. The second-order valence-electron chi connectivity index (χ2n) is 8.00. The van der Waals surface area contributed by atoms with E-state index < -0.39 is 10.0 Å². The molecule has 2 aromatic carbocycles. The molecule has 0 spiro atoms. The van der Waals surface area contributed by atoms with Gasteiger partial charge in [0.15, 0.2) is 0 Å². The molecule has 1 fully saturated rings. The lowest BCUT2D eigenvalue weighted by Crippen LogP contribution is -2.46. The first kappa shape index (κ1) is 20.1. The maximum absolute atomic E-state index is 13.1. The third kappa shape index (κ3) is 4.19. The van der Waals surface area contributed by atoms with E-state index in [1.165, 1.54) is 0 Å². The Morgan fingerprint density at radius 1 is 0.774 bits per heavy atom. The van der Waals surface area contributed by atoms with Gasteiger partial charge in [-0.2, -0.15) is 4.31 Å². The highest BCUT2D eigenvalue weighted by Gasteiger charge is 2.30.